The average molecular weight is 327 g/mol. The van der Waals surface area contributed by atoms with Gasteiger partial charge in [-0.3, -0.25) is 4.99 Å². The molecule has 128 valence electrons. The summed E-state index contributed by atoms with van der Waals surface area (Å²) in [7, 11) is 5.00. The molecular formula is C19H25N3O2. The molecule has 0 amide bonds. The van der Waals surface area contributed by atoms with Gasteiger partial charge in [0.05, 0.1) is 14.2 Å². The summed E-state index contributed by atoms with van der Waals surface area (Å²) in [6, 6.07) is 14.1. The summed E-state index contributed by atoms with van der Waals surface area (Å²) >= 11 is 0. The van der Waals surface area contributed by atoms with Crippen LogP contribution in [-0.4, -0.2) is 33.8 Å². The number of guanidine groups is 1. The average Bonchev–Trinajstić information content (AvgIpc) is 2.62. The van der Waals surface area contributed by atoms with Crippen LogP contribution in [0.4, 0.5) is 5.69 Å². The van der Waals surface area contributed by atoms with Gasteiger partial charge < -0.3 is 20.1 Å². The number of rotatable bonds is 6. The minimum atomic E-state index is 0.679. The van der Waals surface area contributed by atoms with E-state index in [1.807, 2.05) is 18.2 Å². The van der Waals surface area contributed by atoms with Crippen molar-refractivity contribution in [2.75, 3.05) is 33.1 Å². The Balaban J connectivity index is 1.94. The predicted octanol–water partition coefficient (Wildman–Crippen LogP) is 3.24. The van der Waals surface area contributed by atoms with Gasteiger partial charge in [0.2, 0.25) is 0 Å². The molecule has 0 saturated heterocycles. The Morgan fingerprint density at radius 1 is 1.04 bits per heavy atom. The van der Waals surface area contributed by atoms with Crippen molar-refractivity contribution in [2.24, 2.45) is 4.99 Å². The van der Waals surface area contributed by atoms with E-state index in [0.717, 1.165) is 24.6 Å². The molecule has 0 saturated carbocycles. The minimum absolute atomic E-state index is 0.679. The summed E-state index contributed by atoms with van der Waals surface area (Å²) in [6.45, 7) is 2.93. The van der Waals surface area contributed by atoms with Crippen LogP contribution in [0.5, 0.6) is 11.5 Å². The lowest BCUT2D eigenvalue weighted by molar-refractivity contribution is 0.355. The third-order valence-electron chi connectivity index (χ3n) is 3.82. The van der Waals surface area contributed by atoms with Crippen LogP contribution in [0.2, 0.25) is 0 Å². The van der Waals surface area contributed by atoms with Gasteiger partial charge in [0.1, 0.15) is 0 Å². The molecule has 0 aliphatic rings. The molecule has 0 fully saturated rings. The first-order valence-electron chi connectivity index (χ1n) is 7.92. The van der Waals surface area contributed by atoms with Gasteiger partial charge in [-0.25, -0.2) is 0 Å². The van der Waals surface area contributed by atoms with Crippen LogP contribution in [0.3, 0.4) is 0 Å². The lowest BCUT2D eigenvalue weighted by Gasteiger charge is -2.14. The van der Waals surface area contributed by atoms with Crippen molar-refractivity contribution in [3.63, 3.8) is 0 Å². The molecule has 0 heterocycles. The first-order chi connectivity index (χ1) is 11.7. The molecule has 0 atom stereocenters. The Kier molecular flexibility index (Phi) is 6.49. The summed E-state index contributed by atoms with van der Waals surface area (Å²) in [5, 5.41) is 6.59. The van der Waals surface area contributed by atoms with Crippen LogP contribution < -0.4 is 20.1 Å². The second-order valence-electron chi connectivity index (χ2n) is 5.37. The number of nitrogens with zero attached hydrogens (tertiary/aromatic N) is 1. The Morgan fingerprint density at radius 2 is 1.79 bits per heavy atom. The first-order valence-corrected chi connectivity index (χ1v) is 7.92. The maximum Gasteiger partial charge on any atom is 0.195 e. The Hall–Kier alpha value is -2.69. The highest BCUT2D eigenvalue weighted by Gasteiger charge is 2.06. The van der Waals surface area contributed by atoms with Crippen molar-refractivity contribution in [2.45, 2.75) is 13.3 Å². The van der Waals surface area contributed by atoms with E-state index in [-0.39, 0.29) is 0 Å². The van der Waals surface area contributed by atoms with Gasteiger partial charge in [0.25, 0.3) is 0 Å². The van der Waals surface area contributed by atoms with E-state index < -0.39 is 0 Å². The molecule has 0 bridgehead atoms. The molecule has 0 aliphatic heterocycles. The highest BCUT2D eigenvalue weighted by Crippen LogP contribution is 2.29. The van der Waals surface area contributed by atoms with E-state index in [2.05, 4.69) is 46.8 Å². The van der Waals surface area contributed by atoms with Crippen molar-refractivity contribution in [3.05, 3.63) is 53.6 Å². The van der Waals surface area contributed by atoms with Crippen molar-refractivity contribution in [1.82, 2.24) is 5.32 Å². The number of benzene rings is 2. The molecule has 5 nitrogen and oxygen atoms in total. The van der Waals surface area contributed by atoms with Gasteiger partial charge in [-0.05, 0) is 36.6 Å². The highest BCUT2D eigenvalue weighted by atomic mass is 16.5. The smallest absolute Gasteiger partial charge is 0.195 e. The maximum atomic E-state index is 5.32. The summed E-state index contributed by atoms with van der Waals surface area (Å²) < 4.78 is 10.6. The summed E-state index contributed by atoms with van der Waals surface area (Å²) in [5.74, 6) is 2.10. The van der Waals surface area contributed by atoms with E-state index in [1.54, 1.807) is 21.3 Å². The lowest BCUT2D eigenvalue weighted by atomic mass is 10.1. The zero-order valence-corrected chi connectivity index (χ0v) is 14.7. The third-order valence-corrected chi connectivity index (χ3v) is 3.82. The van der Waals surface area contributed by atoms with Crippen LogP contribution >= 0.6 is 0 Å². The van der Waals surface area contributed by atoms with Gasteiger partial charge >= 0.3 is 0 Å². The first kappa shape index (κ1) is 17.7. The van der Waals surface area contributed by atoms with Crippen LogP contribution in [0.25, 0.3) is 0 Å². The van der Waals surface area contributed by atoms with Gasteiger partial charge in [-0.2, -0.15) is 0 Å². The molecule has 5 heteroatoms. The van der Waals surface area contributed by atoms with Gasteiger partial charge in [-0.15, -0.1) is 0 Å². The van der Waals surface area contributed by atoms with Crippen LogP contribution in [0, 0.1) is 6.92 Å². The monoisotopic (exact) mass is 327 g/mol. The molecule has 2 aromatic carbocycles. The second-order valence-corrected chi connectivity index (χ2v) is 5.37. The van der Waals surface area contributed by atoms with Crippen molar-refractivity contribution < 1.29 is 9.47 Å². The number of hydrogen-bond donors (Lipinski definition) is 2. The van der Waals surface area contributed by atoms with Gasteiger partial charge in [0, 0.05) is 25.3 Å². The van der Waals surface area contributed by atoms with Crippen molar-refractivity contribution in [1.29, 1.82) is 0 Å². The normalized spacial score (nSPS) is 11.1. The van der Waals surface area contributed by atoms with Gasteiger partial charge in [0.15, 0.2) is 17.5 Å². The van der Waals surface area contributed by atoms with E-state index in [4.69, 9.17) is 9.47 Å². The SMILES string of the molecule is CN=C(NCCc1ccccc1C)Nc1ccc(OC)c(OC)c1. The van der Waals surface area contributed by atoms with Crippen LogP contribution in [0.1, 0.15) is 11.1 Å². The lowest BCUT2D eigenvalue weighted by Crippen LogP contribution is -2.32. The largest absolute Gasteiger partial charge is 0.493 e. The fourth-order valence-corrected chi connectivity index (χ4v) is 2.44. The van der Waals surface area contributed by atoms with Crippen molar-refractivity contribution in [3.8, 4) is 11.5 Å². The van der Waals surface area contributed by atoms with Crippen LogP contribution in [-0.2, 0) is 6.42 Å². The number of aryl methyl sites for hydroxylation is 1. The molecule has 0 spiro atoms. The number of hydrogen-bond acceptors (Lipinski definition) is 3. The molecule has 0 aromatic heterocycles. The molecule has 2 aromatic rings. The van der Waals surface area contributed by atoms with E-state index in [9.17, 15) is 0 Å². The molecule has 2 N–H and O–H groups in total. The van der Waals surface area contributed by atoms with Gasteiger partial charge in [-0.1, -0.05) is 24.3 Å². The number of anilines is 1. The number of ether oxygens (including phenoxy) is 2. The molecule has 0 unspecified atom stereocenters. The fraction of sp³-hybridized carbons (Fsp3) is 0.316. The zero-order valence-electron chi connectivity index (χ0n) is 14.7. The molecule has 0 radical (unpaired) electrons. The molecule has 0 aliphatic carbocycles. The second kappa shape index (κ2) is 8.82. The number of nitrogens with one attached hydrogen (secondary N) is 2. The molecule has 2 rings (SSSR count). The van der Waals surface area contributed by atoms with E-state index in [0.29, 0.717) is 11.5 Å². The maximum absolute atomic E-state index is 5.32. The standard InChI is InChI=1S/C19H25N3O2/c1-14-7-5-6-8-15(14)11-12-21-19(20-2)22-16-9-10-17(23-3)18(13-16)24-4/h5-10,13H,11-12H2,1-4H3,(H2,20,21,22). The quantitative estimate of drug-likeness (QED) is 0.632. The van der Waals surface area contributed by atoms with E-state index in [1.165, 1.54) is 11.1 Å². The Labute approximate surface area is 143 Å². The number of aliphatic imine (C=N–C) groups is 1. The van der Waals surface area contributed by atoms with E-state index >= 15 is 0 Å². The summed E-state index contributed by atoms with van der Waals surface area (Å²) in [5.41, 5.74) is 3.53. The highest BCUT2D eigenvalue weighted by molar-refractivity contribution is 5.93. The molecule has 24 heavy (non-hydrogen) atoms. The van der Waals surface area contributed by atoms with Crippen LogP contribution in [0.15, 0.2) is 47.5 Å². The minimum Gasteiger partial charge on any atom is -0.493 e. The predicted molar refractivity (Wildman–Crippen MR) is 99.4 cm³/mol. The molecular weight excluding hydrogens is 302 g/mol. The summed E-state index contributed by atoms with van der Waals surface area (Å²) in [6.07, 6.45) is 0.944. The number of methoxy groups -OCH3 is 2. The zero-order chi connectivity index (χ0) is 17.4. The third kappa shape index (κ3) is 4.65. The Bertz CT molecular complexity index is 699. The fourth-order valence-electron chi connectivity index (χ4n) is 2.44. The summed E-state index contributed by atoms with van der Waals surface area (Å²) in [4.78, 5) is 4.26. The van der Waals surface area contributed by atoms with Crippen molar-refractivity contribution >= 4 is 11.6 Å². The Morgan fingerprint density at radius 3 is 2.46 bits per heavy atom. The topological polar surface area (TPSA) is 54.9 Å².